The van der Waals surface area contributed by atoms with Crippen LogP contribution in [0.3, 0.4) is 0 Å². The summed E-state index contributed by atoms with van der Waals surface area (Å²) in [4.78, 5) is 9.62. The fraction of sp³-hybridized carbons (Fsp3) is 0.143. The first-order chi connectivity index (χ1) is 8.29. The maximum atomic E-state index is 4.27. The molecule has 1 heterocycles. The summed E-state index contributed by atoms with van der Waals surface area (Å²) in [5.41, 5.74) is 3.22. The molecular formula is C14H14N2S. The van der Waals surface area contributed by atoms with Gasteiger partial charge in [0.25, 0.3) is 0 Å². The predicted octanol–water partition coefficient (Wildman–Crippen LogP) is 3.76. The molecule has 0 bridgehead atoms. The summed E-state index contributed by atoms with van der Waals surface area (Å²) >= 11 is 1.75. The Bertz CT molecular complexity index is 504. The lowest BCUT2D eigenvalue weighted by Gasteiger charge is -2.01. The highest BCUT2D eigenvalue weighted by Crippen LogP contribution is 2.18. The second-order valence-electron chi connectivity index (χ2n) is 3.69. The summed E-state index contributed by atoms with van der Waals surface area (Å²) < 4.78 is 0. The number of hydrogen-bond donors (Lipinski definition) is 0. The second kappa shape index (κ2) is 5.64. The van der Waals surface area contributed by atoms with Crippen LogP contribution < -0.4 is 0 Å². The number of rotatable bonds is 3. The smallest absolute Gasteiger partial charge is 0.0842 e. The first-order valence-corrected chi connectivity index (χ1v) is 6.61. The molecule has 1 aromatic carbocycles. The molecule has 86 valence electrons. The molecule has 0 atom stereocenters. The minimum absolute atomic E-state index is 0.918. The first kappa shape index (κ1) is 11.9. The van der Waals surface area contributed by atoms with Gasteiger partial charge in [-0.2, -0.15) is 0 Å². The Morgan fingerprint density at radius 2 is 1.94 bits per heavy atom. The monoisotopic (exact) mass is 242 g/mol. The Morgan fingerprint density at radius 3 is 2.53 bits per heavy atom. The first-order valence-electron chi connectivity index (χ1n) is 5.38. The number of allylic oxidation sites excluding steroid dienone is 1. The highest BCUT2D eigenvalue weighted by atomic mass is 32.2. The van der Waals surface area contributed by atoms with E-state index in [9.17, 15) is 0 Å². The number of benzene rings is 1. The lowest BCUT2D eigenvalue weighted by Crippen LogP contribution is -1.86. The molecule has 17 heavy (non-hydrogen) atoms. The van der Waals surface area contributed by atoms with E-state index in [1.165, 1.54) is 10.5 Å². The maximum Gasteiger partial charge on any atom is 0.0842 e. The lowest BCUT2D eigenvalue weighted by atomic mass is 10.1. The standard InChI is InChI=1S/C14H14N2S/c1-11(14-10-15-7-8-16-14)9-12-3-5-13(17-2)6-4-12/h3-10H,1-2H3. The summed E-state index contributed by atoms with van der Waals surface area (Å²) in [6.45, 7) is 2.05. The third kappa shape index (κ3) is 3.17. The second-order valence-corrected chi connectivity index (χ2v) is 4.57. The Balaban J connectivity index is 2.23. The number of thioether (sulfide) groups is 1. The molecule has 0 radical (unpaired) electrons. The highest BCUT2D eigenvalue weighted by Gasteiger charge is 1.97. The topological polar surface area (TPSA) is 25.8 Å². The Labute approximate surface area is 106 Å². The Kier molecular flexibility index (Phi) is 3.94. The highest BCUT2D eigenvalue weighted by molar-refractivity contribution is 7.98. The van der Waals surface area contributed by atoms with E-state index in [4.69, 9.17) is 0 Å². The van der Waals surface area contributed by atoms with Crippen LogP contribution in [-0.4, -0.2) is 16.2 Å². The summed E-state index contributed by atoms with van der Waals surface area (Å²) in [5.74, 6) is 0. The van der Waals surface area contributed by atoms with Crippen molar-refractivity contribution in [1.29, 1.82) is 0 Å². The molecule has 0 amide bonds. The van der Waals surface area contributed by atoms with Crippen LogP contribution in [0.4, 0.5) is 0 Å². The zero-order chi connectivity index (χ0) is 12.1. The molecule has 0 spiro atoms. The average Bonchev–Trinajstić information content (AvgIpc) is 2.40. The summed E-state index contributed by atoms with van der Waals surface area (Å²) in [6.07, 6.45) is 9.37. The Morgan fingerprint density at radius 1 is 1.18 bits per heavy atom. The van der Waals surface area contributed by atoms with Crippen molar-refractivity contribution in [2.45, 2.75) is 11.8 Å². The van der Waals surface area contributed by atoms with Crippen LogP contribution in [0.25, 0.3) is 11.6 Å². The van der Waals surface area contributed by atoms with Gasteiger partial charge in [0.1, 0.15) is 0 Å². The van der Waals surface area contributed by atoms with Crippen LogP contribution in [0.1, 0.15) is 18.2 Å². The van der Waals surface area contributed by atoms with Crippen molar-refractivity contribution in [3.05, 3.63) is 54.1 Å². The van der Waals surface area contributed by atoms with Crippen LogP contribution in [0, 0.1) is 0 Å². The van der Waals surface area contributed by atoms with Gasteiger partial charge >= 0.3 is 0 Å². The van der Waals surface area contributed by atoms with Crippen molar-refractivity contribution in [2.24, 2.45) is 0 Å². The van der Waals surface area contributed by atoms with Crippen molar-refractivity contribution >= 4 is 23.4 Å². The minimum atomic E-state index is 0.918. The lowest BCUT2D eigenvalue weighted by molar-refractivity contribution is 1.17. The SMILES string of the molecule is CSc1ccc(C=C(C)c2cnccn2)cc1. The van der Waals surface area contributed by atoms with Crippen molar-refractivity contribution in [3.63, 3.8) is 0 Å². The van der Waals surface area contributed by atoms with Gasteiger partial charge in [0.2, 0.25) is 0 Å². The van der Waals surface area contributed by atoms with E-state index < -0.39 is 0 Å². The van der Waals surface area contributed by atoms with Crippen LogP contribution in [0.15, 0.2) is 47.8 Å². The predicted molar refractivity (Wildman–Crippen MR) is 73.8 cm³/mol. The van der Waals surface area contributed by atoms with Gasteiger partial charge < -0.3 is 0 Å². The number of nitrogens with zero attached hydrogens (tertiary/aromatic N) is 2. The van der Waals surface area contributed by atoms with Crippen LogP contribution in [-0.2, 0) is 0 Å². The molecule has 0 aliphatic heterocycles. The van der Waals surface area contributed by atoms with Crippen LogP contribution in [0.5, 0.6) is 0 Å². The number of aromatic nitrogens is 2. The van der Waals surface area contributed by atoms with E-state index in [-0.39, 0.29) is 0 Å². The molecule has 0 N–H and O–H groups in total. The van der Waals surface area contributed by atoms with Crippen LogP contribution >= 0.6 is 11.8 Å². The van der Waals surface area contributed by atoms with Crippen LogP contribution in [0.2, 0.25) is 0 Å². The van der Waals surface area contributed by atoms with Gasteiger partial charge in [-0.3, -0.25) is 9.97 Å². The largest absolute Gasteiger partial charge is 0.261 e. The van der Waals surface area contributed by atoms with Gasteiger partial charge in [0.15, 0.2) is 0 Å². The fourth-order valence-electron chi connectivity index (χ4n) is 1.53. The van der Waals surface area contributed by atoms with E-state index in [1.807, 2.05) is 6.92 Å². The van der Waals surface area contributed by atoms with Crippen molar-refractivity contribution < 1.29 is 0 Å². The maximum absolute atomic E-state index is 4.27. The average molecular weight is 242 g/mol. The minimum Gasteiger partial charge on any atom is -0.261 e. The van der Waals surface area contributed by atoms with Gasteiger partial charge in [0.05, 0.1) is 11.9 Å². The third-order valence-electron chi connectivity index (χ3n) is 2.47. The Hall–Kier alpha value is -1.61. The van der Waals surface area contributed by atoms with E-state index in [1.54, 1.807) is 30.4 Å². The molecule has 2 nitrogen and oxygen atoms in total. The van der Waals surface area contributed by atoms with Gasteiger partial charge in [-0.1, -0.05) is 12.1 Å². The normalized spacial score (nSPS) is 11.5. The van der Waals surface area contributed by atoms with E-state index in [0.29, 0.717) is 0 Å². The van der Waals surface area contributed by atoms with Crippen molar-refractivity contribution in [2.75, 3.05) is 6.26 Å². The summed E-state index contributed by atoms with van der Waals surface area (Å²) in [6, 6.07) is 8.48. The summed E-state index contributed by atoms with van der Waals surface area (Å²) in [5, 5.41) is 0. The molecule has 0 saturated carbocycles. The third-order valence-corrected chi connectivity index (χ3v) is 3.21. The molecule has 2 aromatic rings. The molecule has 0 saturated heterocycles. The van der Waals surface area contributed by atoms with Crippen molar-refractivity contribution in [1.82, 2.24) is 9.97 Å². The number of hydrogen-bond acceptors (Lipinski definition) is 3. The van der Waals surface area contributed by atoms with E-state index in [2.05, 4.69) is 46.6 Å². The molecule has 0 unspecified atom stereocenters. The van der Waals surface area contributed by atoms with Gasteiger partial charge in [-0.25, -0.2) is 0 Å². The zero-order valence-corrected chi connectivity index (χ0v) is 10.7. The molecule has 0 aliphatic rings. The van der Waals surface area contributed by atoms with E-state index in [0.717, 1.165) is 11.3 Å². The summed E-state index contributed by atoms with van der Waals surface area (Å²) in [7, 11) is 0. The molecule has 0 aliphatic carbocycles. The molecule has 1 aromatic heterocycles. The fourth-order valence-corrected chi connectivity index (χ4v) is 1.94. The van der Waals surface area contributed by atoms with Gasteiger partial charge in [-0.05, 0) is 42.5 Å². The quantitative estimate of drug-likeness (QED) is 0.766. The molecule has 0 fully saturated rings. The van der Waals surface area contributed by atoms with Crippen molar-refractivity contribution in [3.8, 4) is 0 Å². The van der Waals surface area contributed by atoms with Gasteiger partial charge in [-0.15, -0.1) is 11.8 Å². The van der Waals surface area contributed by atoms with Gasteiger partial charge in [0, 0.05) is 17.3 Å². The zero-order valence-electron chi connectivity index (χ0n) is 9.92. The van der Waals surface area contributed by atoms with E-state index >= 15 is 0 Å². The molecule has 3 heteroatoms. The molecular weight excluding hydrogens is 228 g/mol. The molecule has 2 rings (SSSR count).